The number of para-hydroxylation sites is 1. The van der Waals surface area contributed by atoms with Gasteiger partial charge in [-0.05, 0) is 43.9 Å². The number of hydrogen-bond donors (Lipinski definition) is 2. The first-order valence-electron chi connectivity index (χ1n) is 7.31. The molecule has 1 aromatic heterocycles. The molecule has 1 aliphatic carbocycles. The smallest absolute Gasteiger partial charge is 0.271 e. The van der Waals surface area contributed by atoms with Crippen LogP contribution in [0, 0.1) is 12.8 Å². The summed E-state index contributed by atoms with van der Waals surface area (Å²) in [7, 11) is 0. The number of nitrogens with two attached hydrogens (primary N) is 1. The second-order valence-corrected chi connectivity index (χ2v) is 5.63. The Balaban J connectivity index is 1.69. The highest BCUT2D eigenvalue weighted by atomic mass is 16.1. The summed E-state index contributed by atoms with van der Waals surface area (Å²) in [5, 5.41) is 7.25. The van der Waals surface area contributed by atoms with E-state index in [4.69, 9.17) is 5.73 Å². The maximum absolute atomic E-state index is 12.1. The number of aryl methyl sites for hydroxylation is 1. The van der Waals surface area contributed by atoms with Crippen LogP contribution in [0.3, 0.4) is 0 Å². The summed E-state index contributed by atoms with van der Waals surface area (Å²) in [6.07, 6.45) is 2.36. The highest BCUT2D eigenvalue weighted by Gasteiger charge is 2.28. The molecule has 0 aliphatic heterocycles. The topological polar surface area (TPSA) is 72.9 Å². The van der Waals surface area contributed by atoms with Crippen LogP contribution in [0.5, 0.6) is 0 Å². The van der Waals surface area contributed by atoms with Gasteiger partial charge in [0.1, 0.15) is 0 Å². The zero-order chi connectivity index (χ0) is 14.8. The minimum Gasteiger partial charge on any atom is -0.349 e. The van der Waals surface area contributed by atoms with Crippen molar-refractivity contribution >= 4 is 5.91 Å². The number of benzene rings is 1. The molecule has 5 nitrogen and oxygen atoms in total. The standard InChI is InChI=1S/C16H20N4O/c1-11-9-15(16(21)18-10-14(17)12-7-8-12)19-20(11)13-5-3-2-4-6-13/h2-6,9,12,14H,7-8,10,17H2,1H3,(H,18,21). The van der Waals surface area contributed by atoms with Crippen molar-refractivity contribution in [3.8, 4) is 5.69 Å². The summed E-state index contributed by atoms with van der Waals surface area (Å²) in [6.45, 7) is 2.45. The predicted octanol–water partition coefficient (Wildman–Crippen LogP) is 1.65. The average Bonchev–Trinajstić information content (AvgIpc) is 3.28. The van der Waals surface area contributed by atoms with Gasteiger partial charge in [-0.2, -0.15) is 5.10 Å². The summed E-state index contributed by atoms with van der Waals surface area (Å²) >= 11 is 0. The van der Waals surface area contributed by atoms with E-state index in [9.17, 15) is 4.79 Å². The SMILES string of the molecule is Cc1cc(C(=O)NCC(N)C2CC2)nn1-c1ccccc1. The minimum absolute atomic E-state index is 0.0613. The van der Waals surface area contributed by atoms with Crippen LogP contribution in [-0.4, -0.2) is 28.3 Å². The molecule has 0 spiro atoms. The number of rotatable bonds is 5. The van der Waals surface area contributed by atoms with E-state index in [0.29, 0.717) is 18.2 Å². The van der Waals surface area contributed by atoms with Gasteiger partial charge in [0.15, 0.2) is 5.69 Å². The van der Waals surface area contributed by atoms with E-state index in [1.807, 2.05) is 37.3 Å². The third kappa shape index (κ3) is 3.13. The first-order chi connectivity index (χ1) is 10.1. The lowest BCUT2D eigenvalue weighted by Crippen LogP contribution is -2.38. The molecule has 110 valence electrons. The third-order valence-electron chi connectivity index (χ3n) is 3.85. The van der Waals surface area contributed by atoms with Gasteiger partial charge in [0.25, 0.3) is 5.91 Å². The zero-order valence-corrected chi connectivity index (χ0v) is 12.1. The Hall–Kier alpha value is -2.14. The van der Waals surface area contributed by atoms with Gasteiger partial charge in [0, 0.05) is 18.3 Å². The van der Waals surface area contributed by atoms with Crippen molar-refractivity contribution in [2.75, 3.05) is 6.54 Å². The van der Waals surface area contributed by atoms with E-state index in [-0.39, 0.29) is 11.9 Å². The van der Waals surface area contributed by atoms with Crippen molar-refractivity contribution in [2.45, 2.75) is 25.8 Å². The van der Waals surface area contributed by atoms with Gasteiger partial charge in [0.05, 0.1) is 5.69 Å². The molecular weight excluding hydrogens is 264 g/mol. The van der Waals surface area contributed by atoms with Gasteiger partial charge in [0.2, 0.25) is 0 Å². The van der Waals surface area contributed by atoms with E-state index < -0.39 is 0 Å². The summed E-state index contributed by atoms with van der Waals surface area (Å²) in [5.41, 5.74) is 8.30. The molecule has 1 amide bonds. The maximum atomic E-state index is 12.1. The monoisotopic (exact) mass is 284 g/mol. The molecule has 1 fully saturated rings. The quantitative estimate of drug-likeness (QED) is 0.877. The third-order valence-corrected chi connectivity index (χ3v) is 3.85. The van der Waals surface area contributed by atoms with Crippen molar-refractivity contribution in [2.24, 2.45) is 11.7 Å². The van der Waals surface area contributed by atoms with Crippen LogP contribution in [0.15, 0.2) is 36.4 Å². The molecule has 0 saturated heterocycles. The molecule has 1 aromatic carbocycles. The molecule has 0 radical (unpaired) electrons. The molecular formula is C16H20N4O. The van der Waals surface area contributed by atoms with Crippen molar-refractivity contribution in [3.05, 3.63) is 47.8 Å². The lowest BCUT2D eigenvalue weighted by Gasteiger charge is -2.10. The van der Waals surface area contributed by atoms with Crippen LogP contribution < -0.4 is 11.1 Å². The number of amides is 1. The molecule has 2 aromatic rings. The molecule has 1 aliphatic rings. The lowest BCUT2D eigenvalue weighted by molar-refractivity contribution is 0.0945. The Bertz CT molecular complexity index is 631. The molecule has 1 atom stereocenters. The number of carbonyl (C=O) groups is 1. The fourth-order valence-corrected chi connectivity index (χ4v) is 2.41. The van der Waals surface area contributed by atoms with Gasteiger partial charge >= 0.3 is 0 Å². The van der Waals surface area contributed by atoms with E-state index in [2.05, 4.69) is 10.4 Å². The Morgan fingerprint density at radius 3 is 2.81 bits per heavy atom. The van der Waals surface area contributed by atoms with Crippen molar-refractivity contribution in [1.82, 2.24) is 15.1 Å². The number of hydrogen-bond acceptors (Lipinski definition) is 3. The molecule has 1 saturated carbocycles. The fourth-order valence-electron chi connectivity index (χ4n) is 2.41. The highest BCUT2D eigenvalue weighted by molar-refractivity contribution is 5.92. The summed E-state index contributed by atoms with van der Waals surface area (Å²) in [4.78, 5) is 12.1. The van der Waals surface area contributed by atoms with E-state index in [1.54, 1.807) is 10.7 Å². The average molecular weight is 284 g/mol. The second kappa shape index (κ2) is 5.69. The normalized spacial score (nSPS) is 15.7. The first-order valence-corrected chi connectivity index (χ1v) is 7.31. The summed E-state index contributed by atoms with van der Waals surface area (Å²) < 4.78 is 1.77. The van der Waals surface area contributed by atoms with Gasteiger partial charge in [-0.3, -0.25) is 4.79 Å². The molecule has 5 heteroatoms. The highest BCUT2D eigenvalue weighted by Crippen LogP contribution is 2.31. The number of nitrogens with zero attached hydrogens (tertiary/aromatic N) is 2. The summed E-state index contributed by atoms with van der Waals surface area (Å²) in [6, 6.07) is 11.6. The van der Waals surface area contributed by atoms with Crippen LogP contribution in [0.4, 0.5) is 0 Å². The van der Waals surface area contributed by atoms with Crippen LogP contribution in [-0.2, 0) is 0 Å². The second-order valence-electron chi connectivity index (χ2n) is 5.63. The molecule has 0 bridgehead atoms. The predicted molar refractivity (Wildman–Crippen MR) is 81.3 cm³/mol. The van der Waals surface area contributed by atoms with E-state index in [1.165, 1.54) is 12.8 Å². The van der Waals surface area contributed by atoms with E-state index in [0.717, 1.165) is 11.4 Å². The first kappa shape index (κ1) is 13.8. The molecule has 3 N–H and O–H groups in total. The van der Waals surface area contributed by atoms with Gasteiger partial charge in [-0.25, -0.2) is 4.68 Å². The minimum atomic E-state index is -0.163. The zero-order valence-electron chi connectivity index (χ0n) is 12.1. The lowest BCUT2D eigenvalue weighted by atomic mass is 10.2. The van der Waals surface area contributed by atoms with Crippen molar-refractivity contribution in [1.29, 1.82) is 0 Å². The fraction of sp³-hybridized carbons (Fsp3) is 0.375. The van der Waals surface area contributed by atoms with Crippen LogP contribution >= 0.6 is 0 Å². The van der Waals surface area contributed by atoms with Crippen molar-refractivity contribution in [3.63, 3.8) is 0 Å². The number of carbonyl (C=O) groups excluding carboxylic acids is 1. The van der Waals surface area contributed by atoms with Crippen LogP contribution in [0.25, 0.3) is 5.69 Å². The molecule has 3 rings (SSSR count). The summed E-state index contributed by atoms with van der Waals surface area (Å²) in [5.74, 6) is 0.415. The molecule has 1 unspecified atom stereocenters. The number of aromatic nitrogens is 2. The largest absolute Gasteiger partial charge is 0.349 e. The Morgan fingerprint density at radius 2 is 2.14 bits per heavy atom. The molecule has 21 heavy (non-hydrogen) atoms. The van der Waals surface area contributed by atoms with Crippen LogP contribution in [0.1, 0.15) is 29.0 Å². The van der Waals surface area contributed by atoms with E-state index >= 15 is 0 Å². The van der Waals surface area contributed by atoms with Crippen LogP contribution in [0.2, 0.25) is 0 Å². The van der Waals surface area contributed by atoms with Gasteiger partial charge < -0.3 is 11.1 Å². The Labute approximate surface area is 124 Å². The Kier molecular flexibility index (Phi) is 3.75. The van der Waals surface area contributed by atoms with Crippen molar-refractivity contribution < 1.29 is 4.79 Å². The molecule has 1 heterocycles. The maximum Gasteiger partial charge on any atom is 0.271 e. The number of nitrogens with one attached hydrogen (secondary N) is 1. The van der Waals surface area contributed by atoms with Gasteiger partial charge in [-0.15, -0.1) is 0 Å². The Morgan fingerprint density at radius 1 is 1.43 bits per heavy atom. The van der Waals surface area contributed by atoms with Gasteiger partial charge in [-0.1, -0.05) is 18.2 Å².